The molecule has 3 aromatic carbocycles. The molecule has 39 heavy (non-hydrogen) atoms. The van der Waals surface area contributed by atoms with Crippen LogP contribution in [-0.2, 0) is 0 Å². The highest BCUT2D eigenvalue weighted by molar-refractivity contribution is 7.99. The van der Waals surface area contributed by atoms with Gasteiger partial charge in [0.25, 0.3) is 11.5 Å². The van der Waals surface area contributed by atoms with Crippen LogP contribution in [0.2, 0.25) is 0 Å². The van der Waals surface area contributed by atoms with Gasteiger partial charge < -0.3 is 15.0 Å². The molecule has 0 saturated heterocycles. The molecule has 1 amide bonds. The Morgan fingerprint density at radius 1 is 1.08 bits per heavy atom. The van der Waals surface area contributed by atoms with Crippen LogP contribution < -0.4 is 15.6 Å². The van der Waals surface area contributed by atoms with Gasteiger partial charge in [-0.1, -0.05) is 18.7 Å². The Morgan fingerprint density at radius 3 is 2.62 bits per heavy atom. The molecule has 5 rings (SSSR count). The lowest BCUT2D eigenvalue weighted by Gasteiger charge is -2.14. The number of halogens is 1. The molecule has 2 aromatic heterocycles. The minimum Gasteiger partial charge on any atom is -0.497 e. The van der Waals surface area contributed by atoms with Crippen LogP contribution in [0.4, 0.5) is 4.39 Å². The van der Waals surface area contributed by atoms with E-state index in [1.54, 1.807) is 43.6 Å². The lowest BCUT2D eigenvalue weighted by molar-refractivity contribution is 0.0952. The van der Waals surface area contributed by atoms with E-state index in [4.69, 9.17) is 4.74 Å². The molecule has 8 nitrogen and oxygen atoms in total. The molecule has 10 heteroatoms. The first-order valence-corrected chi connectivity index (χ1v) is 13.3. The Hall–Kier alpha value is -4.44. The standard InChI is InChI=1S/C29H25FN4O4S/c1-3-12-31-27(36)17-4-10-21-25(13-17)33-29(34(28(21)37)19-7-5-18(30)6-8-19)39-16-26(35)23-15-32-24-11-9-20(38-2)14-22(23)24/h4-11,13-15,32H,3,12,16H2,1-2H3,(H,31,36). The average Bonchev–Trinajstić information content (AvgIpc) is 3.38. The van der Waals surface area contributed by atoms with E-state index in [0.717, 1.165) is 29.1 Å². The van der Waals surface area contributed by atoms with Gasteiger partial charge in [0.15, 0.2) is 10.9 Å². The predicted octanol–water partition coefficient (Wildman–Crippen LogP) is 5.13. The van der Waals surface area contributed by atoms with Crippen molar-refractivity contribution in [2.45, 2.75) is 18.5 Å². The molecule has 198 valence electrons. The average molecular weight is 545 g/mol. The van der Waals surface area contributed by atoms with E-state index in [2.05, 4.69) is 15.3 Å². The number of fused-ring (bicyclic) bond motifs is 2. The van der Waals surface area contributed by atoms with Crippen LogP contribution in [0.1, 0.15) is 34.1 Å². The summed E-state index contributed by atoms with van der Waals surface area (Å²) in [5, 5.41) is 4.09. The van der Waals surface area contributed by atoms with Crippen LogP contribution in [0, 0.1) is 5.82 Å². The summed E-state index contributed by atoms with van der Waals surface area (Å²) in [5.74, 6) is -0.263. The second kappa shape index (κ2) is 11.1. The monoisotopic (exact) mass is 544 g/mol. The summed E-state index contributed by atoms with van der Waals surface area (Å²) in [6, 6.07) is 15.6. The van der Waals surface area contributed by atoms with Crippen LogP contribution in [0.5, 0.6) is 5.75 Å². The summed E-state index contributed by atoms with van der Waals surface area (Å²) < 4.78 is 20.3. The fraction of sp³-hybridized carbons (Fsp3) is 0.172. The SMILES string of the molecule is CCCNC(=O)c1ccc2c(=O)n(-c3ccc(F)cc3)c(SCC(=O)c3c[nH]c4ccc(OC)cc34)nc2c1. The van der Waals surface area contributed by atoms with Crippen molar-refractivity contribution in [1.29, 1.82) is 0 Å². The summed E-state index contributed by atoms with van der Waals surface area (Å²) in [6.07, 6.45) is 2.44. The molecule has 0 saturated carbocycles. The van der Waals surface area contributed by atoms with Crippen molar-refractivity contribution in [1.82, 2.24) is 19.9 Å². The number of benzene rings is 3. The number of ketones is 1. The predicted molar refractivity (Wildman–Crippen MR) is 150 cm³/mol. The molecule has 5 aromatic rings. The molecule has 0 radical (unpaired) electrons. The van der Waals surface area contributed by atoms with Gasteiger partial charge in [0, 0.05) is 34.8 Å². The normalized spacial score (nSPS) is 11.2. The first-order chi connectivity index (χ1) is 18.9. The topological polar surface area (TPSA) is 106 Å². The van der Waals surface area contributed by atoms with Crippen LogP contribution in [0.25, 0.3) is 27.5 Å². The van der Waals surface area contributed by atoms with Crippen molar-refractivity contribution >= 4 is 45.3 Å². The molecule has 0 atom stereocenters. The zero-order valence-electron chi connectivity index (χ0n) is 21.3. The van der Waals surface area contributed by atoms with Crippen molar-refractivity contribution in [3.8, 4) is 11.4 Å². The minimum absolute atomic E-state index is 0.0139. The summed E-state index contributed by atoms with van der Waals surface area (Å²) in [5.41, 5.74) is 2.01. The number of H-pyrrole nitrogens is 1. The first kappa shape index (κ1) is 26.2. The number of carbonyl (C=O) groups excluding carboxylic acids is 2. The Bertz CT molecular complexity index is 1760. The van der Waals surface area contributed by atoms with Crippen LogP contribution in [0.3, 0.4) is 0 Å². The number of amides is 1. The maximum absolute atomic E-state index is 13.7. The molecule has 0 fully saturated rings. The van der Waals surface area contributed by atoms with E-state index in [9.17, 15) is 18.8 Å². The Morgan fingerprint density at radius 2 is 1.87 bits per heavy atom. The highest BCUT2D eigenvalue weighted by Crippen LogP contribution is 2.27. The van der Waals surface area contributed by atoms with Crippen molar-refractivity contribution in [3.63, 3.8) is 0 Å². The van der Waals surface area contributed by atoms with Crippen molar-refractivity contribution in [2.24, 2.45) is 0 Å². The number of ether oxygens (including phenoxy) is 1. The van der Waals surface area contributed by atoms with Crippen LogP contribution in [0.15, 0.2) is 76.8 Å². The summed E-state index contributed by atoms with van der Waals surface area (Å²) in [6.45, 7) is 2.48. The van der Waals surface area contributed by atoms with Crippen LogP contribution in [-0.4, -0.2) is 45.6 Å². The number of thioether (sulfide) groups is 1. The lowest BCUT2D eigenvalue weighted by atomic mass is 10.1. The number of aromatic nitrogens is 3. The van der Waals surface area contributed by atoms with Gasteiger partial charge in [-0.05, 0) is 67.1 Å². The molecule has 0 bridgehead atoms. The molecule has 2 heterocycles. The number of hydrogen-bond donors (Lipinski definition) is 2. The number of carbonyl (C=O) groups is 2. The third-order valence-electron chi connectivity index (χ3n) is 6.24. The van der Waals surface area contributed by atoms with E-state index in [1.165, 1.54) is 28.8 Å². The van der Waals surface area contributed by atoms with Crippen LogP contribution >= 0.6 is 11.8 Å². The minimum atomic E-state index is -0.442. The van der Waals surface area contributed by atoms with Crippen molar-refractivity contribution in [3.05, 3.63) is 94.2 Å². The molecule has 0 aliphatic heterocycles. The molecule has 0 unspecified atom stereocenters. The van der Waals surface area contributed by atoms with E-state index in [1.807, 2.05) is 13.0 Å². The highest BCUT2D eigenvalue weighted by Gasteiger charge is 2.19. The van der Waals surface area contributed by atoms with E-state index in [0.29, 0.717) is 40.0 Å². The van der Waals surface area contributed by atoms with Gasteiger partial charge in [0.1, 0.15) is 11.6 Å². The second-order valence-electron chi connectivity index (χ2n) is 8.82. The number of nitrogens with one attached hydrogen (secondary N) is 2. The maximum Gasteiger partial charge on any atom is 0.266 e. The number of nitrogens with zero attached hydrogens (tertiary/aromatic N) is 2. The summed E-state index contributed by atoms with van der Waals surface area (Å²) >= 11 is 1.09. The summed E-state index contributed by atoms with van der Waals surface area (Å²) in [4.78, 5) is 47.2. The van der Waals surface area contributed by atoms with E-state index in [-0.39, 0.29) is 28.2 Å². The summed E-state index contributed by atoms with van der Waals surface area (Å²) in [7, 11) is 1.56. The Kier molecular flexibility index (Phi) is 7.47. The van der Waals surface area contributed by atoms with E-state index < -0.39 is 5.82 Å². The molecule has 0 spiro atoms. The van der Waals surface area contributed by atoms with Gasteiger partial charge in [-0.25, -0.2) is 9.37 Å². The quantitative estimate of drug-likeness (QED) is 0.151. The van der Waals surface area contributed by atoms with Gasteiger partial charge in [0.05, 0.1) is 29.5 Å². The lowest BCUT2D eigenvalue weighted by Crippen LogP contribution is -2.25. The van der Waals surface area contributed by atoms with Gasteiger partial charge in [-0.3, -0.25) is 19.0 Å². The fourth-order valence-corrected chi connectivity index (χ4v) is 5.12. The van der Waals surface area contributed by atoms with Gasteiger partial charge >= 0.3 is 0 Å². The van der Waals surface area contributed by atoms with Gasteiger partial charge in [-0.2, -0.15) is 0 Å². The van der Waals surface area contributed by atoms with Gasteiger partial charge in [-0.15, -0.1) is 0 Å². The third kappa shape index (κ3) is 5.28. The first-order valence-electron chi connectivity index (χ1n) is 12.3. The number of methoxy groups -OCH3 is 1. The number of aromatic amines is 1. The highest BCUT2D eigenvalue weighted by atomic mass is 32.2. The zero-order valence-corrected chi connectivity index (χ0v) is 22.1. The maximum atomic E-state index is 13.7. The zero-order chi connectivity index (χ0) is 27.5. The number of rotatable bonds is 9. The largest absolute Gasteiger partial charge is 0.497 e. The molecular weight excluding hydrogens is 519 g/mol. The second-order valence-corrected chi connectivity index (χ2v) is 9.77. The third-order valence-corrected chi connectivity index (χ3v) is 7.18. The van der Waals surface area contributed by atoms with Crippen molar-refractivity contribution < 1.29 is 18.7 Å². The Labute approximate surface area is 227 Å². The molecule has 0 aliphatic carbocycles. The van der Waals surface area contributed by atoms with E-state index >= 15 is 0 Å². The number of Topliss-reactive ketones (excluding diaryl/α,β-unsaturated/α-hetero) is 1. The molecule has 0 aliphatic rings. The molecule has 2 N–H and O–H groups in total. The smallest absolute Gasteiger partial charge is 0.266 e. The fourth-order valence-electron chi connectivity index (χ4n) is 4.23. The number of hydrogen-bond acceptors (Lipinski definition) is 6. The van der Waals surface area contributed by atoms with Crippen molar-refractivity contribution in [2.75, 3.05) is 19.4 Å². The van der Waals surface area contributed by atoms with Gasteiger partial charge in [0.2, 0.25) is 0 Å². The molecular formula is C29H25FN4O4S. The Balaban J connectivity index is 1.55.